The lowest BCUT2D eigenvalue weighted by Crippen LogP contribution is -2.18. The van der Waals surface area contributed by atoms with Crippen molar-refractivity contribution in [2.45, 2.75) is 0 Å². The molecule has 2 aromatic rings. The maximum Gasteiger partial charge on any atom is 0.246 e. The van der Waals surface area contributed by atoms with Crippen molar-refractivity contribution >= 4 is 24.1 Å². The fourth-order valence-electron chi connectivity index (χ4n) is 2.07. The SMILES string of the molecule is CN(C)C(=O)/C=C/c1cc(O)ccc1/C=C/c1cc(O)cc(O)c1. The van der Waals surface area contributed by atoms with Crippen molar-refractivity contribution in [3.05, 3.63) is 59.2 Å². The summed E-state index contributed by atoms with van der Waals surface area (Å²) in [6.45, 7) is 0. The minimum Gasteiger partial charge on any atom is -0.508 e. The number of amides is 1. The van der Waals surface area contributed by atoms with Gasteiger partial charge in [-0.2, -0.15) is 0 Å². The van der Waals surface area contributed by atoms with E-state index in [2.05, 4.69) is 0 Å². The normalized spacial score (nSPS) is 11.2. The standard InChI is InChI=1S/C19H19NO4/c1-20(2)19(24)8-6-15-11-16(21)7-5-14(15)4-3-13-9-17(22)12-18(23)10-13/h3-12,21-23H,1-2H3/b4-3+,8-6+. The fraction of sp³-hybridized carbons (Fsp3) is 0.105. The number of rotatable bonds is 4. The predicted octanol–water partition coefficient (Wildman–Crippen LogP) is 3.08. The third-order valence-corrected chi connectivity index (χ3v) is 3.30. The van der Waals surface area contributed by atoms with Gasteiger partial charge < -0.3 is 20.2 Å². The Bertz CT molecular complexity index is 787. The molecule has 0 aromatic heterocycles. The second-order valence-electron chi connectivity index (χ2n) is 5.50. The molecule has 1 amide bonds. The number of phenols is 3. The van der Waals surface area contributed by atoms with Crippen LogP contribution in [-0.2, 0) is 4.79 Å². The van der Waals surface area contributed by atoms with Gasteiger partial charge in [0, 0.05) is 26.2 Å². The van der Waals surface area contributed by atoms with Gasteiger partial charge in [-0.25, -0.2) is 0 Å². The van der Waals surface area contributed by atoms with Crippen LogP contribution in [0, 0.1) is 0 Å². The smallest absolute Gasteiger partial charge is 0.246 e. The molecule has 0 saturated heterocycles. The van der Waals surface area contributed by atoms with Crippen molar-refractivity contribution in [2.75, 3.05) is 14.1 Å². The summed E-state index contributed by atoms with van der Waals surface area (Å²) < 4.78 is 0. The molecule has 0 spiro atoms. The lowest BCUT2D eigenvalue weighted by Gasteiger charge is -2.06. The van der Waals surface area contributed by atoms with Gasteiger partial charge >= 0.3 is 0 Å². The molecule has 0 fully saturated rings. The quantitative estimate of drug-likeness (QED) is 0.596. The minimum absolute atomic E-state index is 0.0305. The van der Waals surface area contributed by atoms with Gasteiger partial charge in [0.1, 0.15) is 17.2 Å². The highest BCUT2D eigenvalue weighted by Crippen LogP contribution is 2.24. The molecule has 0 bridgehead atoms. The Labute approximate surface area is 140 Å². The molecule has 0 saturated carbocycles. The Morgan fingerprint density at radius 3 is 2.12 bits per heavy atom. The Morgan fingerprint density at radius 1 is 0.833 bits per heavy atom. The van der Waals surface area contributed by atoms with Gasteiger partial charge in [-0.3, -0.25) is 4.79 Å². The van der Waals surface area contributed by atoms with Crippen molar-refractivity contribution in [3.63, 3.8) is 0 Å². The zero-order chi connectivity index (χ0) is 17.7. The molecule has 2 aromatic carbocycles. The monoisotopic (exact) mass is 325 g/mol. The van der Waals surface area contributed by atoms with E-state index in [1.165, 1.54) is 29.2 Å². The van der Waals surface area contributed by atoms with E-state index in [1.54, 1.807) is 50.5 Å². The average Bonchev–Trinajstić information content (AvgIpc) is 2.50. The summed E-state index contributed by atoms with van der Waals surface area (Å²) in [5.74, 6) is -0.126. The van der Waals surface area contributed by atoms with Crippen LogP contribution >= 0.6 is 0 Å². The molecule has 0 atom stereocenters. The van der Waals surface area contributed by atoms with E-state index in [1.807, 2.05) is 0 Å². The molecule has 3 N–H and O–H groups in total. The van der Waals surface area contributed by atoms with Crippen LogP contribution in [0.5, 0.6) is 17.2 Å². The Kier molecular flexibility index (Phi) is 5.27. The summed E-state index contributed by atoms with van der Waals surface area (Å²) in [5.41, 5.74) is 2.07. The third kappa shape index (κ3) is 4.64. The number of carbonyl (C=O) groups excluding carboxylic acids is 1. The summed E-state index contributed by atoms with van der Waals surface area (Å²) in [4.78, 5) is 13.1. The van der Waals surface area contributed by atoms with Gasteiger partial charge in [0.15, 0.2) is 0 Å². The molecule has 0 unspecified atom stereocenters. The maximum absolute atomic E-state index is 11.7. The maximum atomic E-state index is 11.7. The van der Waals surface area contributed by atoms with Crippen molar-refractivity contribution < 1.29 is 20.1 Å². The van der Waals surface area contributed by atoms with Crippen molar-refractivity contribution in [3.8, 4) is 17.2 Å². The summed E-state index contributed by atoms with van der Waals surface area (Å²) in [5, 5.41) is 28.6. The Hall–Kier alpha value is -3.21. The van der Waals surface area contributed by atoms with E-state index in [0.29, 0.717) is 11.1 Å². The van der Waals surface area contributed by atoms with Crippen LogP contribution in [0.25, 0.3) is 18.2 Å². The topological polar surface area (TPSA) is 81.0 Å². The van der Waals surface area contributed by atoms with Crippen LogP contribution in [0.1, 0.15) is 16.7 Å². The Balaban J connectivity index is 2.33. The number of phenolic OH excluding ortho intramolecular Hbond substituents is 3. The van der Waals surface area contributed by atoms with E-state index >= 15 is 0 Å². The molecule has 0 aliphatic rings. The molecule has 5 nitrogen and oxygen atoms in total. The van der Waals surface area contributed by atoms with E-state index in [-0.39, 0.29) is 23.2 Å². The van der Waals surface area contributed by atoms with Gasteiger partial charge in [0.25, 0.3) is 0 Å². The predicted molar refractivity (Wildman–Crippen MR) is 94.5 cm³/mol. The first kappa shape index (κ1) is 17.1. The van der Waals surface area contributed by atoms with E-state index in [0.717, 1.165) is 5.56 Å². The first-order valence-corrected chi connectivity index (χ1v) is 7.28. The second kappa shape index (κ2) is 7.37. The first-order valence-electron chi connectivity index (χ1n) is 7.28. The van der Waals surface area contributed by atoms with Crippen LogP contribution in [0.3, 0.4) is 0 Å². The van der Waals surface area contributed by atoms with Gasteiger partial charge in [0.05, 0.1) is 0 Å². The number of likely N-dealkylation sites (N-methyl/N-ethyl adjacent to an activating group) is 1. The average molecular weight is 325 g/mol. The van der Waals surface area contributed by atoms with Gasteiger partial charge in [-0.1, -0.05) is 18.2 Å². The molecule has 0 radical (unpaired) electrons. The zero-order valence-electron chi connectivity index (χ0n) is 13.5. The summed E-state index contributed by atoms with van der Waals surface area (Å²) >= 11 is 0. The lowest BCUT2D eigenvalue weighted by atomic mass is 10.0. The molecule has 0 heterocycles. The number of aromatic hydroxyl groups is 3. The zero-order valence-corrected chi connectivity index (χ0v) is 13.5. The fourth-order valence-corrected chi connectivity index (χ4v) is 2.07. The molecule has 0 aliphatic carbocycles. The van der Waals surface area contributed by atoms with E-state index in [9.17, 15) is 20.1 Å². The summed E-state index contributed by atoms with van der Waals surface area (Å²) in [6.07, 6.45) is 6.54. The largest absolute Gasteiger partial charge is 0.508 e. The number of nitrogens with zero attached hydrogens (tertiary/aromatic N) is 1. The number of benzene rings is 2. The summed E-state index contributed by atoms with van der Waals surface area (Å²) in [6, 6.07) is 9.10. The van der Waals surface area contributed by atoms with E-state index < -0.39 is 0 Å². The van der Waals surface area contributed by atoms with Crippen LogP contribution in [0.15, 0.2) is 42.5 Å². The van der Waals surface area contributed by atoms with Crippen molar-refractivity contribution in [2.24, 2.45) is 0 Å². The van der Waals surface area contributed by atoms with Crippen LogP contribution < -0.4 is 0 Å². The van der Waals surface area contributed by atoms with Crippen LogP contribution in [0.2, 0.25) is 0 Å². The number of hydrogen-bond donors (Lipinski definition) is 3. The van der Waals surface area contributed by atoms with Crippen molar-refractivity contribution in [1.29, 1.82) is 0 Å². The highest BCUT2D eigenvalue weighted by atomic mass is 16.3. The van der Waals surface area contributed by atoms with Crippen LogP contribution in [0.4, 0.5) is 0 Å². The number of carbonyl (C=O) groups is 1. The van der Waals surface area contributed by atoms with Crippen LogP contribution in [-0.4, -0.2) is 40.2 Å². The molecule has 0 aliphatic heterocycles. The highest BCUT2D eigenvalue weighted by molar-refractivity contribution is 5.92. The van der Waals surface area contributed by atoms with Crippen molar-refractivity contribution in [1.82, 2.24) is 4.90 Å². The van der Waals surface area contributed by atoms with E-state index in [4.69, 9.17) is 0 Å². The highest BCUT2D eigenvalue weighted by Gasteiger charge is 2.02. The number of hydrogen-bond acceptors (Lipinski definition) is 4. The van der Waals surface area contributed by atoms with Gasteiger partial charge in [-0.15, -0.1) is 0 Å². The molecular formula is C19H19NO4. The second-order valence-corrected chi connectivity index (χ2v) is 5.50. The molecule has 124 valence electrons. The first-order chi connectivity index (χ1) is 11.3. The minimum atomic E-state index is -0.161. The molecule has 2 rings (SSSR count). The van der Waals surface area contributed by atoms with Gasteiger partial charge in [-0.05, 0) is 47.0 Å². The van der Waals surface area contributed by atoms with Gasteiger partial charge in [0.2, 0.25) is 5.91 Å². The summed E-state index contributed by atoms with van der Waals surface area (Å²) in [7, 11) is 3.31. The molecular weight excluding hydrogens is 306 g/mol. The molecule has 24 heavy (non-hydrogen) atoms. The third-order valence-electron chi connectivity index (χ3n) is 3.30. The molecule has 5 heteroatoms. The Morgan fingerprint density at radius 2 is 1.50 bits per heavy atom. The lowest BCUT2D eigenvalue weighted by molar-refractivity contribution is -0.123.